The molecule has 32 heavy (non-hydrogen) atoms. The van der Waals surface area contributed by atoms with E-state index in [0.717, 1.165) is 43.4 Å². The third-order valence-electron chi connectivity index (χ3n) is 5.69. The molecular weight excluding hydrogens is 422 g/mol. The summed E-state index contributed by atoms with van der Waals surface area (Å²) in [4.78, 5) is 26.1. The Hall–Kier alpha value is -1.60. The molecule has 0 bridgehead atoms. The molecule has 1 saturated heterocycles. The lowest BCUT2D eigenvalue weighted by atomic mass is 9.98. The molecule has 184 valence electrons. The van der Waals surface area contributed by atoms with E-state index >= 15 is 0 Å². The number of hydrogen-bond acceptors (Lipinski definition) is 9. The number of aliphatic hydroxyl groups excluding tert-OH is 3. The van der Waals surface area contributed by atoms with Crippen molar-refractivity contribution in [2.75, 3.05) is 27.1 Å². The quantitative estimate of drug-likeness (QED) is 0.166. The number of ether oxygens (including phenoxy) is 3. The highest BCUT2D eigenvalue weighted by atomic mass is 16.7. The Morgan fingerprint density at radius 2 is 1.84 bits per heavy atom. The number of carbonyl (C=O) groups is 2. The monoisotopic (exact) mass is 459 g/mol. The van der Waals surface area contributed by atoms with E-state index in [1.54, 1.807) is 7.11 Å². The van der Waals surface area contributed by atoms with Crippen molar-refractivity contribution in [2.45, 2.75) is 81.6 Å². The van der Waals surface area contributed by atoms with E-state index in [0.29, 0.717) is 19.8 Å². The lowest BCUT2D eigenvalue weighted by Gasteiger charge is -2.36. The number of urea groups is 1. The number of ketones is 1. The van der Waals surface area contributed by atoms with Crippen LogP contribution in [0.25, 0.3) is 0 Å². The molecule has 2 heterocycles. The second-order valence-electron chi connectivity index (χ2n) is 8.21. The number of aliphatic hydroxyl groups is 3. The molecule has 0 aromatic carbocycles. The molecule has 5 atom stereocenters. The topological polar surface area (TPSA) is 164 Å². The number of rotatable bonds is 15. The molecule has 1 unspecified atom stereocenters. The second-order valence-corrected chi connectivity index (χ2v) is 8.21. The zero-order chi connectivity index (χ0) is 23.6. The van der Waals surface area contributed by atoms with Crippen molar-refractivity contribution >= 4 is 11.8 Å². The number of amides is 2. The van der Waals surface area contributed by atoms with Crippen LogP contribution in [0, 0.1) is 0 Å². The molecule has 0 radical (unpaired) electrons. The largest absolute Gasteiger partial charge is 0.394 e. The van der Waals surface area contributed by atoms with Gasteiger partial charge in [0.15, 0.2) is 17.7 Å². The van der Waals surface area contributed by atoms with Gasteiger partial charge in [-0.15, -0.1) is 0 Å². The zero-order valence-corrected chi connectivity index (χ0v) is 18.6. The number of nitrogens with two attached hydrogens (primary N) is 1. The van der Waals surface area contributed by atoms with Crippen molar-refractivity contribution < 1.29 is 39.1 Å². The van der Waals surface area contributed by atoms with Crippen LogP contribution >= 0.6 is 0 Å². The molecule has 2 rings (SSSR count). The Kier molecular flexibility index (Phi) is 11.0. The molecule has 11 nitrogen and oxygen atoms in total. The maximum Gasteiger partial charge on any atom is 0.325 e. The fourth-order valence-corrected chi connectivity index (χ4v) is 3.74. The maximum absolute atomic E-state index is 12.6. The minimum absolute atomic E-state index is 0.236. The van der Waals surface area contributed by atoms with E-state index in [2.05, 4.69) is 5.32 Å². The molecule has 11 heteroatoms. The zero-order valence-electron chi connectivity index (χ0n) is 18.6. The minimum Gasteiger partial charge on any atom is -0.394 e. The highest BCUT2D eigenvalue weighted by Gasteiger charge is 2.48. The Balaban J connectivity index is 1.69. The van der Waals surface area contributed by atoms with E-state index in [1.807, 2.05) is 0 Å². The number of nitrogens with zero attached hydrogens (tertiary/aromatic N) is 1. The number of hydrogen-bond donors (Lipinski definition) is 5. The van der Waals surface area contributed by atoms with E-state index in [4.69, 9.17) is 19.9 Å². The minimum atomic E-state index is -1.63. The van der Waals surface area contributed by atoms with Crippen molar-refractivity contribution in [3.05, 3.63) is 12.3 Å². The van der Waals surface area contributed by atoms with Crippen LogP contribution < -0.4 is 11.1 Å². The van der Waals surface area contributed by atoms with Gasteiger partial charge in [0.1, 0.15) is 25.1 Å². The Morgan fingerprint density at radius 1 is 1.19 bits per heavy atom. The van der Waals surface area contributed by atoms with Gasteiger partial charge in [-0.05, 0) is 18.9 Å². The summed E-state index contributed by atoms with van der Waals surface area (Å²) < 4.78 is 15.4. The highest BCUT2D eigenvalue weighted by molar-refractivity contribution is 5.95. The third kappa shape index (κ3) is 7.20. The molecule has 0 aliphatic carbocycles. The van der Waals surface area contributed by atoms with Crippen LogP contribution in [0.15, 0.2) is 12.3 Å². The fraction of sp³-hybridized carbons (Fsp3) is 0.810. The molecule has 2 aliphatic rings. The van der Waals surface area contributed by atoms with Gasteiger partial charge in [-0.25, -0.2) is 4.79 Å². The standard InChI is InChI=1S/C21H37N3O8/c1-30-14-31-12-8-6-4-2-3-5-7-9-16(26)21(22)10-11-24(20(29)23-21)19-18(28)17(27)15(13-25)32-19/h10-11,15,17-19,25,27-28H,2-9,12-14,22H2,1H3,(H,23,29)/t15-,17-,18+,19-,21?/m1/s1. The summed E-state index contributed by atoms with van der Waals surface area (Å²) in [5.41, 5.74) is 4.46. The first kappa shape index (κ1) is 26.7. The molecular formula is C21H37N3O8. The maximum atomic E-state index is 12.6. The predicted molar refractivity (Wildman–Crippen MR) is 114 cm³/mol. The van der Waals surface area contributed by atoms with E-state index in [-0.39, 0.29) is 12.2 Å². The summed E-state index contributed by atoms with van der Waals surface area (Å²) in [6, 6.07) is -0.729. The molecule has 1 fully saturated rings. The van der Waals surface area contributed by atoms with Crippen LogP contribution in [-0.2, 0) is 19.0 Å². The van der Waals surface area contributed by atoms with E-state index < -0.39 is 42.8 Å². The number of Topliss-reactive ketones (excluding diaryl/α,β-unsaturated/α-hetero) is 1. The van der Waals surface area contributed by atoms with Crippen molar-refractivity contribution in [3.63, 3.8) is 0 Å². The molecule has 0 spiro atoms. The van der Waals surface area contributed by atoms with Gasteiger partial charge in [0, 0.05) is 26.3 Å². The lowest BCUT2D eigenvalue weighted by Crippen LogP contribution is -2.66. The van der Waals surface area contributed by atoms with Crippen LogP contribution in [-0.4, -0.2) is 89.4 Å². The van der Waals surface area contributed by atoms with Gasteiger partial charge in [0.05, 0.1) is 6.61 Å². The molecule has 6 N–H and O–H groups in total. The number of unbranched alkanes of at least 4 members (excludes halogenated alkanes) is 6. The van der Waals surface area contributed by atoms with Gasteiger partial charge in [0.2, 0.25) is 0 Å². The number of nitrogens with one attached hydrogen (secondary N) is 1. The normalized spacial score (nSPS) is 30.0. The molecule has 0 saturated carbocycles. The Labute approximate surface area is 188 Å². The summed E-state index contributed by atoms with van der Waals surface area (Å²) in [5.74, 6) is -0.307. The summed E-state index contributed by atoms with van der Waals surface area (Å²) in [6.07, 6.45) is 4.81. The van der Waals surface area contributed by atoms with Gasteiger partial charge in [0.25, 0.3) is 0 Å². The highest BCUT2D eigenvalue weighted by Crippen LogP contribution is 2.26. The molecule has 0 aromatic heterocycles. The van der Waals surface area contributed by atoms with Gasteiger partial charge in [-0.3, -0.25) is 15.4 Å². The summed E-state index contributed by atoms with van der Waals surface area (Å²) >= 11 is 0. The van der Waals surface area contributed by atoms with Gasteiger partial charge >= 0.3 is 6.03 Å². The molecule has 2 aliphatic heterocycles. The van der Waals surface area contributed by atoms with Crippen molar-refractivity contribution in [1.82, 2.24) is 10.2 Å². The number of carbonyl (C=O) groups excluding carboxylic acids is 2. The summed E-state index contributed by atoms with van der Waals surface area (Å²) in [6.45, 7) is 0.524. The van der Waals surface area contributed by atoms with Crippen molar-refractivity contribution in [1.29, 1.82) is 0 Å². The van der Waals surface area contributed by atoms with E-state index in [1.165, 1.54) is 12.3 Å². The summed E-state index contributed by atoms with van der Waals surface area (Å²) in [7, 11) is 1.60. The average molecular weight is 460 g/mol. The van der Waals surface area contributed by atoms with Gasteiger partial charge in [-0.2, -0.15) is 0 Å². The Bertz CT molecular complexity index is 634. The first-order valence-corrected chi connectivity index (χ1v) is 11.1. The first-order valence-electron chi connectivity index (χ1n) is 11.1. The molecule has 0 aromatic rings. The second kappa shape index (κ2) is 13.2. The van der Waals surface area contributed by atoms with Crippen LogP contribution in [0.1, 0.15) is 51.4 Å². The van der Waals surface area contributed by atoms with Crippen LogP contribution in [0.5, 0.6) is 0 Å². The average Bonchev–Trinajstić information content (AvgIpc) is 3.05. The first-order chi connectivity index (χ1) is 15.3. The van der Waals surface area contributed by atoms with Crippen molar-refractivity contribution in [3.8, 4) is 0 Å². The van der Waals surface area contributed by atoms with Gasteiger partial charge < -0.3 is 34.8 Å². The van der Waals surface area contributed by atoms with Crippen LogP contribution in [0.4, 0.5) is 4.79 Å². The number of methoxy groups -OCH3 is 1. The lowest BCUT2D eigenvalue weighted by molar-refractivity contribution is -0.124. The summed E-state index contributed by atoms with van der Waals surface area (Å²) in [5, 5.41) is 31.6. The van der Waals surface area contributed by atoms with Crippen LogP contribution in [0.2, 0.25) is 0 Å². The fourth-order valence-electron chi connectivity index (χ4n) is 3.74. The van der Waals surface area contributed by atoms with Crippen LogP contribution in [0.3, 0.4) is 0 Å². The molecule has 2 amide bonds. The predicted octanol–water partition coefficient (Wildman–Crippen LogP) is -0.0703. The smallest absolute Gasteiger partial charge is 0.325 e. The van der Waals surface area contributed by atoms with Gasteiger partial charge in [-0.1, -0.05) is 32.1 Å². The van der Waals surface area contributed by atoms with E-state index in [9.17, 15) is 24.9 Å². The Morgan fingerprint density at radius 3 is 2.44 bits per heavy atom. The SMILES string of the molecule is COCOCCCCCCCCCC(=O)C1(N)C=CN([C@@H]2O[C@H](CO)[C@@H](O)[C@@H]2O)C(=O)N1. The van der Waals surface area contributed by atoms with Crippen molar-refractivity contribution in [2.24, 2.45) is 5.73 Å². The third-order valence-corrected chi connectivity index (χ3v) is 5.69.